The third kappa shape index (κ3) is 6.49. The van der Waals surface area contributed by atoms with Crippen molar-refractivity contribution in [1.82, 2.24) is 29.0 Å². The highest BCUT2D eigenvalue weighted by molar-refractivity contribution is 7.89. The fraction of sp³-hybridized carbons (Fsp3) is 0.577. The Hall–Kier alpha value is -2.84. The Morgan fingerprint density at radius 1 is 1.18 bits per heavy atom. The number of nitrogens with zero attached hydrogens (tertiary/aromatic N) is 5. The number of aromatic nitrogens is 4. The van der Waals surface area contributed by atoms with Crippen LogP contribution in [0.2, 0.25) is 0 Å². The van der Waals surface area contributed by atoms with E-state index in [1.54, 1.807) is 20.2 Å². The summed E-state index contributed by atoms with van der Waals surface area (Å²) in [5, 5.41) is 4.48. The molecular weight excluding hydrogens is 524 g/mol. The Bertz CT molecular complexity index is 1430. The van der Waals surface area contributed by atoms with E-state index in [0.717, 1.165) is 25.2 Å². The van der Waals surface area contributed by atoms with E-state index in [1.807, 2.05) is 13.8 Å². The lowest BCUT2D eigenvalue weighted by Crippen LogP contribution is -2.44. The first-order valence-corrected chi connectivity index (χ1v) is 14.8. The van der Waals surface area contributed by atoms with E-state index in [2.05, 4.69) is 15.0 Å². The molecule has 13 heteroatoms. The van der Waals surface area contributed by atoms with Crippen LogP contribution in [0.4, 0.5) is 0 Å². The molecule has 0 amide bonds. The molecule has 1 fully saturated rings. The van der Waals surface area contributed by atoms with Crippen LogP contribution in [0, 0.1) is 0 Å². The van der Waals surface area contributed by atoms with E-state index in [9.17, 15) is 13.2 Å². The van der Waals surface area contributed by atoms with E-state index in [4.69, 9.17) is 19.2 Å². The monoisotopic (exact) mass is 562 g/mol. The van der Waals surface area contributed by atoms with Crippen molar-refractivity contribution in [3.05, 3.63) is 34.2 Å². The van der Waals surface area contributed by atoms with Gasteiger partial charge in [-0.25, -0.2) is 13.4 Å². The molecule has 12 nitrogen and oxygen atoms in total. The van der Waals surface area contributed by atoms with E-state index in [-0.39, 0.29) is 29.4 Å². The molecule has 4 rings (SSSR count). The molecule has 0 saturated carbocycles. The topological polar surface area (TPSA) is 132 Å². The molecule has 39 heavy (non-hydrogen) atoms. The highest BCUT2D eigenvalue weighted by atomic mass is 32.2. The summed E-state index contributed by atoms with van der Waals surface area (Å²) in [6.45, 7) is 8.41. The van der Waals surface area contributed by atoms with Crippen LogP contribution < -0.4 is 10.3 Å². The van der Waals surface area contributed by atoms with Crippen molar-refractivity contribution < 1.29 is 22.6 Å². The summed E-state index contributed by atoms with van der Waals surface area (Å²) in [7, 11) is -0.640. The molecule has 1 saturated heterocycles. The van der Waals surface area contributed by atoms with E-state index >= 15 is 0 Å². The Labute approximate surface area is 228 Å². The Morgan fingerprint density at radius 2 is 1.95 bits per heavy atom. The maximum absolute atomic E-state index is 13.9. The van der Waals surface area contributed by atoms with Crippen molar-refractivity contribution in [1.29, 1.82) is 0 Å². The van der Waals surface area contributed by atoms with Gasteiger partial charge in [-0.3, -0.25) is 14.4 Å². The second-order valence-corrected chi connectivity index (χ2v) is 11.3. The van der Waals surface area contributed by atoms with Crippen molar-refractivity contribution in [2.24, 2.45) is 7.05 Å². The number of aromatic amines is 1. The van der Waals surface area contributed by atoms with Gasteiger partial charge in [0.25, 0.3) is 5.56 Å². The quantitative estimate of drug-likeness (QED) is 0.330. The van der Waals surface area contributed by atoms with Gasteiger partial charge in [-0.1, -0.05) is 13.3 Å². The predicted molar refractivity (Wildman–Crippen MR) is 148 cm³/mol. The van der Waals surface area contributed by atoms with Crippen molar-refractivity contribution in [2.75, 3.05) is 66.3 Å². The standard InChI is InChI=1S/C26H38N6O6S/c1-5-7-21-23-24(30(3)29-21)26(33)28-25(27-23)20-18-19(8-9-22(20)38-6-2)39(34,35)32(14-15-36-4)11-10-31-12-16-37-17-13-31/h8-9,18H,5-7,10-17H2,1-4H3,(H,27,28,33). The van der Waals surface area contributed by atoms with E-state index in [0.29, 0.717) is 61.7 Å². The Morgan fingerprint density at radius 3 is 2.64 bits per heavy atom. The molecule has 1 aliphatic heterocycles. The molecule has 0 atom stereocenters. The lowest BCUT2D eigenvalue weighted by atomic mass is 10.1. The normalized spacial score (nSPS) is 14.9. The van der Waals surface area contributed by atoms with Crippen molar-refractivity contribution in [3.63, 3.8) is 0 Å². The molecule has 0 unspecified atom stereocenters. The molecular formula is C26H38N6O6S. The second-order valence-electron chi connectivity index (χ2n) is 9.37. The number of rotatable bonds is 13. The van der Waals surface area contributed by atoms with Crippen LogP contribution in [0.15, 0.2) is 27.9 Å². The summed E-state index contributed by atoms with van der Waals surface area (Å²) in [5.74, 6) is 0.659. The molecule has 3 aromatic rings. The average Bonchev–Trinajstić information content (AvgIpc) is 3.25. The summed E-state index contributed by atoms with van der Waals surface area (Å²) in [6, 6.07) is 4.67. The van der Waals surface area contributed by atoms with Crippen LogP contribution in [0.25, 0.3) is 22.4 Å². The highest BCUT2D eigenvalue weighted by Crippen LogP contribution is 2.32. The number of methoxy groups -OCH3 is 1. The van der Waals surface area contributed by atoms with Crippen molar-refractivity contribution in [2.45, 2.75) is 31.6 Å². The number of sulfonamides is 1. The number of benzene rings is 1. The largest absolute Gasteiger partial charge is 0.493 e. The Balaban J connectivity index is 1.75. The molecule has 0 radical (unpaired) electrons. The van der Waals surface area contributed by atoms with Crippen LogP contribution in [-0.4, -0.2) is 104 Å². The maximum Gasteiger partial charge on any atom is 0.277 e. The number of aryl methyl sites for hydroxylation is 2. The van der Waals surface area contributed by atoms with Gasteiger partial charge in [-0.05, 0) is 31.5 Å². The average molecular weight is 563 g/mol. The van der Waals surface area contributed by atoms with Crippen molar-refractivity contribution >= 4 is 21.1 Å². The van der Waals surface area contributed by atoms with Gasteiger partial charge in [-0.2, -0.15) is 9.40 Å². The summed E-state index contributed by atoms with van der Waals surface area (Å²) in [6.07, 6.45) is 1.51. The zero-order valence-electron chi connectivity index (χ0n) is 23.1. The lowest BCUT2D eigenvalue weighted by molar-refractivity contribution is 0.0357. The van der Waals surface area contributed by atoms with Crippen LogP contribution in [-0.2, 0) is 33.0 Å². The smallest absolute Gasteiger partial charge is 0.277 e. The van der Waals surface area contributed by atoms with E-state index in [1.165, 1.54) is 21.1 Å². The first kappa shape index (κ1) is 29.2. The van der Waals surface area contributed by atoms with E-state index < -0.39 is 10.0 Å². The fourth-order valence-electron chi connectivity index (χ4n) is 4.69. The van der Waals surface area contributed by atoms with Crippen molar-refractivity contribution in [3.8, 4) is 17.1 Å². The molecule has 0 aliphatic carbocycles. The van der Waals surface area contributed by atoms with Crippen LogP contribution in [0.1, 0.15) is 26.0 Å². The van der Waals surface area contributed by atoms with Gasteiger partial charge >= 0.3 is 0 Å². The minimum Gasteiger partial charge on any atom is -0.493 e. The zero-order chi connectivity index (χ0) is 28.0. The lowest BCUT2D eigenvalue weighted by Gasteiger charge is -2.29. The summed E-state index contributed by atoms with van der Waals surface area (Å²) < 4.78 is 47.1. The summed E-state index contributed by atoms with van der Waals surface area (Å²) in [4.78, 5) is 22.9. The number of hydrogen-bond donors (Lipinski definition) is 1. The number of H-pyrrole nitrogens is 1. The number of ether oxygens (including phenoxy) is 3. The number of morpholine rings is 1. The number of nitrogens with one attached hydrogen (secondary N) is 1. The minimum atomic E-state index is -3.90. The van der Waals surface area contributed by atoms with Gasteiger partial charge in [-0.15, -0.1) is 0 Å². The Kier molecular flexibility index (Phi) is 9.72. The third-order valence-corrected chi connectivity index (χ3v) is 8.60. The molecule has 1 aliphatic rings. The molecule has 2 aromatic heterocycles. The second kappa shape index (κ2) is 13.0. The predicted octanol–water partition coefficient (Wildman–Crippen LogP) is 1.64. The third-order valence-electron chi connectivity index (χ3n) is 6.71. The first-order chi connectivity index (χ1) is 18.8. The minimum absolute atomic E-state index is 0.0850. The highest BCUT2D eigenvalue weighted by Gasteiger charge is 2.27. The molecule has 0 spiro atoms. The summed E-state index contributed by atoms with van der Waals surface area (Å²) in [5.41, 5.74) is 1.63. The molecule has 1 N–H and O–H groups in total. The van der Waals surface area contributed by atoms with Gasteiger partial charge in [0.15, 0.2) is 5.52 Å². The molecule has 1 aromatic carbocycles. The first-order valence-electron chi connectivity index (χ1n) is 13.3. The molecule has 3 heterocycles. The van der Waals surface area contributed by atoms with Crippen LogP contribution in [0.3, 0.4) is 0 Å². The maximum atomic E-state index is 13.9. The zero-order valence-corrected chi connectivity index (χ0v) is 23.9. The number of fused-ring (bicyclic) bond motifs is 1. The van der Waals surface area contributed by atoms with Gasteiger partial charge < -0.3 is 19.2 Å². The molecule has 214 valence electrons. The van der Waals surface area contributed by atoms with Gasteiger partial charge in [0.1, 0.15) is 17.1 Å². The van der Waals surface area contributed by atoms with Gasteiger partial charge in [0.05, 0.1) is 42.6 Å². The van der Waals surface area contributed by atoms with Gasteiger partial charge in [0, 0.05) is 46.9 Å². The SMILES string of the molecule is CCCc1nn(C)c2c(=O)[nH]c(-c3cc(S(=O)(=O)N(CCOC)CCN4CCOCC4)ccc3OCC)nc12. The summed E-state index contributed by atoms with van der Waals surface area (Å²) >= 11 is 0. The number of hydrogen-bond acceptors (Lipinski definition) is 9. The van der Waals surface area contributed by atoms with Crippen LogP contribution >= 0.6 is 0 Å². The fourth-order valence-corrected chi connectivity index (χ4v) is 6.13. The molecule has 0 bridgehead atoms. The van der Waals surface area contributed by atoms with Gasteiger partial charge in [0.2, 0.25) is 10.0 Å². The van der Waals surface area contributed by atoms with Crippen LogP contribution in [0.5, 0.6) is 5.75 Å².